The van der Waals surface area contributed by atoms with Crippen LogP contribution in [0.2, 0.25) is 0 Å². The normalized spacial score (nSPS) is 23.3. The highest BCUT2D eigenvalue weighted by atomic mass is 16.1. The van der Waals surface area contributed by atoms with Crippen molar-refractivity contribution in [3.63, 3.8) is 0 Å². The number of anilines is 2. The van der Waals surface area contributed by atoms with E-state index in [1.807, 2.05) is 0 Å². The molecule has 0 amide bonds. The molecule has 170 valence electrons. The van der Waals surface area contributed by atoms with Gasteiger partial charge in [0, 0.05) is 49.5 Å². The highest BCUT2D eigenvalue weighted by Crippen LogP contribution is 2.32. The molecule has 2 heterocycles. The first-order valence-electron chi connectivity index (χ1n) is 12.6. The molecular weight excluding hydrogens is 394 g/mol. The van der Waals surface area contributed by atoms with Gasteiger partial charge in [-0.25, -0.2) is 0 Å². The van der Waals surface area contributed by atoms with Gasteiger partial charge in [-0.05, 0) is 56.4 Å². The number of rotatable bonds is 5. The van der Waals surface area contributed by atoms with Gasteiger partial charge in [-0.15, -0.1) is 0 Å². The van der Waals surface area contributed by atoms with Gasteiger partial charge >= 0.3 is 0 Å². The fourth-order valence-electron chi connectivity index (χ4n) is 5.97. The zero-order valence-electron chi connectivity index (χ0n) is 19.4. The molecule has 2 fully saturated rings. The topological polar surface area (TPSA) is 35.6 Å². The molecule has 4 nitrogen and oxygen atoms in total. The quantitative estimate of drug-likeness (QED) is 0.718. The number of nitrogens with zero attached hydrogens (tertiary/aromatic N) is 2. The van der Waals surface area contributed by atoms with E-state index in [4.69, 9.17) is 0 Å². The summed E-state index contributed by atoms with van der Waals surface area (Å²) in [6.45, 7) is 6.02. The van der Waals surface area contributed by atoms with E-state index in [-0.39, 0.29) is 18.0 Å². The summed E-state index contributed by atoms with van der Waals surface area (Å²) in [6.07, 6.45) is 7.99. The van der Waals surface area contributed by atoms with Crippen LogP contribution in [0.4, 0.5) is 11.4 Å². The van der Waals surface area contributed by atoms with Crippen LogP contribution in [0.15, 0.2) is 48.5 Å². The number of benzene rings is 2. The van der Waals surface area contributed by atoms with Crippen LogP contribution in [0.1, 0.15) is 49.7 Å². The Morgan fingerprint density at radius 2 is 1.62 bits per heavy atom. The first-order valence-corrected chi connectivity index (χ1v) is 12.6. The maximum atomic E-state index is 13.9. The van der Waals surface area contributed by atoms with Crippen LogP contribution in [0.5, 0.6) is 0 Å². The second-order valence-corrected chi connectivity index (χ2v) is 9.99. The van der Waals surface area contributed by atoms with Crippen molar-refractivity contribution in [3.8, 4) is 0 Å². The van der Waals surface area contributed by atoms with Crippen LogP contribution in [0, 0.1) is 12.8 Å². The predicted molar refractivity (Wildman–Crippen MR) is 133 cm³/mol. The molecule has 1 saturated heterocycles. The van der Waals surface area contributed by atoms with Crippen molar-refractivity contribution >= 4 is 17.2 Å². The van der Waals surface area contributed by atoms with Crippen molar-refractivity contribution in [1.82, 2.24) is 4.90 Å². The van der Waals surface area contributed by atoms with Crippen LogP contribution in [0.25, 0.3) is 0 Å². The SMILES string of the molecule is Cc1ccc(N2CCN(C(C(=O)C3CCCCC3)C3CCc4ccccc4N3)CC2)cc1. The average Bonchev–Trinajstić information content (AvgIpc) is 2.85. The van der Waals surface area contributed by atoms with E-state index in [0.29, 0.717) is 5.78 Å². The van der Waals surface area contributed by atoms with Gasteiger partial charge in [0.15, 0.2) is 5.78 Å². The molecule has 2 atom stereocenters. The van der Waals surface area contributed by atoms with Crippen molar-refractivity contribution < 1.29 is 4.79 Å². The highest BCUT2D eigenvalue weighted by Gasteiger charge is 2.39. The molecule has 5 rings (SSSR count). The molecule has 0 aromatic heterocycles. The highest BCUT2D eigenvalue weighted by molar-refractivity contribution is 5.88. The molecule has 32 heavy (non-hydrogen) atoms. The van der Waals surface area contributed by atoms with E-state index >= 15 is 0 Å². The molecule has 4 heteroatoms. The monoisotopic (exact) mass is 431 g/mol. The van der Waals surface area contributed by atoms with E-state index in [2.05, 4.69) is 70.6 Å². The molecule has 2 unspecified atom stereocenters. The van der Waals surface area contributed by atoms with Crippen LogP contribution in [-0.2, 0) is 11.2 Å². The fraction of sp³-hybridized carbons (Fsp3) is 0.536. The molecular formula is C28H37N3O. The number of piperazine rings is 1. The van der Waals surface area contributed by atoms with Crippen LogP contribution < -0.4 is 10.2 Å². The summed E-state index contributed by atoms with van der Waals surface area (Å²) in [4.78, 5) is 18.9. The first kappa shape index (κ1) is 21.5. The number of fused-ring (bicyclic) bond motifs is 1. The summed E-state index contributed by atoms with van der Waals surface area (Å²) in [5.41, 5.74) is 5.21. The fourth-order valence-corrected chi connectivity index (χ4v) is 5.97. The smallest absolute Gasteiger partial charge is 0.155 e. The summed E-state index contributed by atoms with van der Waals surface area (Å²) in [5, 5.41) is 3.79. The van der Waals surface area contributed by atoms with Gasteiger partial charge in [0.25, 0.3) is 0 Å². The summed E-state index contributed by atoms with van der Waals surface area (Å²) in [6, 6.07) is 17.7. The minimum absolute atomic E-state index is 0.00776. The Morgan fingerprint density at radius 3 is 2.38 bits per heavy atom. The first-order chi connectivity index (χ1) is 15.7. The van der Waals surface area contributed by atoms with Crippen molar-refractivity contribution in [2.75, 3.05) is 36.4 Å². The second-order valence-electron chi connectivity index (χ2n) is 9.99. The maximum Gasteiger partial charge on any atom is 0.155 e. The zero-order chi connectivity index (χ0) is 21.9. The molecule has 2 aromatic rings. The van der Waals surface area contributed by atoms with Crippen molar-refractivity contribution in [2.45, 2.75) is 64.0 Å². The van der Waals surface area contributed by atoms with Gasteiger partial charge in [0.2, 0.25) is 0 Å². The third kappa shape index (κ3) is 4.56. The number of aryl methyl sites for hydroxylation is 2. The number of carbonyl (C=O) groups excluding carboxylic acids is 1. The molecule has 1 N–H and O–H groups in total. The number of nitrogens with one attached hydrogen (secondary N) is 1. The van der Waals surface area contributed by atoms with Crippen LogP contribution in [-0.4, -0.2) is 48.9 Å². The number of hydrogen-bond acceptors (Lipinski definition) is 4. The van der Waals surface area contributed by atoms with Crippen molar-refractivity contribution in [1.29, 1.82) is 0 Å². The third-order valence-electron chi connectivity index (χ3n) is 7.87. The molecule has 2 aliphatic heterocycles. The number of Topliss-reactive ketones (excluding diaryl/α,β-unsaturated/α-hetero) is 1. The molecule has 0 spiro atoms. The molecule has 3 aliphatic rings. The largest absolute Gasteiger partial charge is 0.380 e. The number of ketones is 1. The number of carbonyl (C=O) groups is 1. The Hall–Kier alpha value is -2.33. The lowest BCUT2D eigenvalue weighted by atomic mass is 9.80. The Balaban J connectivity index is 1.33. The molecule has 1 aliphatic carbocycles. The van der Waals surface area contributed by atoms with Gasteiger partial charge < -0.3 is 10.2 Å². The maximum absolute atomic E-state index is 13.9. The van der Waals surface area contributed by atoms with Gasteiger partial charge in [-0.3, -0.25) is 9.69 Å². The Morgan fingerprint density at radius 1 is 0.906 bits per heavy atom. The summed E-state index contributed by atoms with van der Waals surface area (Å²) < 4.78 is 0. The lowest BCUT2D eigenvalue weighted by Gasteiger charge is -2.45. The standard InChI is InChI=1S/C28H37N3O/c1-21-11-14-24(15-12-21)30-17-19-31(20-18-30)27(28(32)23-8-3-2-4-9-23)26-16-13-22-7-5-6-10-25(22)29-26/h5-7,10-12,14-15,23,26-27,29H,2-4,8-9,13,16-20H2,1H3. The summed E-state index contributed by atoms with van der Waals surface area (Å²) >= 11 is 0. The van der Waals surface area contributed by atoms with Crippen molar-refractivity contribution in [2.24, 2.45) is 5.92 Å². The molecule has 2 aromatic carbocycles. The van der Waals surface area contributed by atoms with E-state index in [1.165, 1.54) is 41.8 Å². The molecule has 1 saturated carbocycles. The predicted octanol–water partition coefficient (Wildman–Crippen LogP) is 5.06. The number of para-hydroxylation sites is 1. The van der Waals surface area contributed by atoms with E-state index < -0.39 is 0 Å². The summed E-state index contributed by atoms with van der Waals surface area (Å²) in [7, 11) is 0. The van der Waals surface area contributed by atoms with E-state index in [0.717, 1.165) is 51.9 Å². The van der Waals surface area contributed by atoms with Gasteiger partial charge in [0.05, 0.1) is 6.04 Å². The Kier molecular flexibility index (Phi) is 6.49. The molecule has 0 bridgehead atoms. The van der Waals surface area contributed by atoms with Crippen molar-refractivity contribution in [3.05, 3.63) is 59.7 Å². The lowest BCUT2D eigenvalue weighted by Crippen LogP contribution is -2.60. The van der Waals surface area contributed by atoms with Gasteiger partial charge in [-0.1, -0.05) is 55.2 Å². The van der Waals surface area contributed by atoms with Gasteiger partial charge in [-0.2, -0.15) is 0 Å². The Bertz CT molecular complexity index is 911. The van der Waals surface area contributed by atoms with Crippen LogP contribution >= 0.6 is 0 Å². The van der Waals surface area contributed by atoms with E-state index in [9.17, 15) is 4.79 Å². The molecule has 0 radical (unpaired) electrons. The average molecular weight is 432 g/mol. The third-order valence-corrected chi connectivity index (χ3v) is 7.87. The van der Waals surface area contributed by atoms with E-state index in [1.54, 1.807) is 0 Å². The lowest BCUT2D eigenvalue weighted by molar-refractivity contribution is -0.130. The second kappa shape index (κ2) is 9.66. The zero-order valence-corrected chi connectivity index (χ0v) is 19.4. The minimum atomic E-state index is -0.00776. The number of hydrogen-bond donors (Lipinski definition) is 1. The van der Waals surface area contributed by atoms with Crippen LogP contribution in [0.3, 0.4) is 0 Å². The minimum Gasteiger partial charge on any atom is -0.380 e. The Labute approximate surface area is 193 Å². The summed E-state index contributed by atoms with van der Waals surface area (Å²) in [5.74, 6) is 0.758. The van der Waals surface area contributed by atoms with Gasteiger partial charge in [0.1, 0.15) is 0 Å².